The fourth-order valence-corrected chi connectivity index (χ4v) is 5.85. The lowest BCUT2D eigenvalue weighted by atomic mass is 9.96. The Hall–Kier alpha value is -3.55. The highest BCUT2D eigenvalue weighted by Gasteiger charge is 2.55. The third-order valence-electron chi connectivity index (χ3n) is 6.29. The van der Waals surface area contributed by atoms with Crippen LogP contribution in [0.2, 0.25) is 0 Å². The van der Waals surface area contributed by atoms with Gasteiger partial charge in [0, 0.05) is 17.8 Å². The Morgan fingerprint density at radius 1 is 1.17 bits per heavy atom. The van der Waals surface area contributed by atoms with Crippen molar-refractivity contribution >= 4 is 25.3 Å². The van der Waals surface area contributed by atoms with E-state index in [1.54, 1.807) is 42.5 Å². The number of esters is 1. The van der Waals surface area contributed by atoms with Crippen LogP contribution in [-0.2, 0) is 30.0 Å². The molecule has 2 unspecified atom stereocenters. The molecule has 0 amide bonds. The summed E-state index contributed by atoms with van der Waals surface area (Å²) in [5.74, 6) is -0.620. The number of aromatic nitrogens is 2. The average molecular weight is 622 g/mol. The predicted octanol–water partition coefficient (Wildman–Crippen LogP) is 2.20. The average Bonchev–Trinajstić information content (AvgIpc) is 3.21. The first kappa shape index (κ1) is 31.4. The summed E-state index contributed by atoms with van der Waals surface area (Å²) in [4.78, 5) is 38.6. The second kappa shape index (κ2) is 13.6. The summed E-state index contributed by atoms with van der Waals surface area (Å²) >= 11 is 5.82. The number of aliphatic hydroxyl groups excluding tert-OH is 2. The van der Waals surface area contributed by atoms with Crippen LogP contribution in [-0.4, -0.2) is 56.2 Å². The highest BCUT2D eigenvalue weighted by molar-refractivity contribution is 7.52. The molecule has 13 nitrogen and oxygen atoms in total. The van der Waals surface area contributed by atoms with Gasteiger partial charge < -0.3 is 24.2 Å². The monoisotopic (exact) mass is 621 g/mol. The Labute approximate surface area is 244 Å². The fourth-order valence-electron chi connectivity index (χ4n) is 4.11. The zero-order valence-corrected chi connectivity index (χ0v) is 23.9. The molecule has 1 fully saturated rings. The van der Waals surface area contributed by atoms with E-state index in [4.69, 9.17) is 30.1 Å². The van der Waals surface area contributed by atoms with Gasteiger partial charge in [-0.15, -0.1) is 0 Å². The molecule has 1 saturated heterocycles. The van der Waals surface area contributed by atoms with Crippen molar-refractivity contribution in [2.75, 3.05) is 6.61 Å². The topological polar surface area (TPSA) is 178 Å². The number of rotatable bonds is 12. The van der Waals surface area contributed by atoms with Crippen LogP contribution < -0.4 is 20.9 Å². The van der Waals surface area contributed by atoms with E-state index in [1.807, 2.05) is 11.1 Å². The van der Waals surface area contributed by atoms with Gasteiger partial charge in [-0.05, 0) is 30.7 Å². The van der Waals surface area contributed by atoms with E-state index in [0.717, 1.165) is 34.0 Å². The van der Waals surface area contributed by atoms with Gasteiger partial charge in [0.2, 0.25) is 0 Å². The lowest BCUT2D eigenvalue weighted by Crippen LogP contribution is -2.46. The third kappa shape index (κ3) is 7.44. The van der Waals surface area contributed by atoms with Gasteiger partial charge in [0.25, 0.3) is 5.56 Å². The van der Waals surface area contributed by atoms with Gasteiger partial charge >= 0.3 is 19.4 Å². The SMILES string of the molecule is CC(NP(=O)(OC[C@@]1(/C=C\Cl)O[C@@H](n2ccc(=O)[nH]c2=O)[C@H](O)[C@@H]1O)Oc1ccccc1)C(=O)OCc1ccccc1. The summed E-state index contributed by atoms with van der Waals surface area (Å²) in [6.45, 7) is 0.644. The number of H-pyrrole nitrogens is 1. The first-order valence-corrected chi connectivity index (χ1v) is 14.6. The largest absolute Gasteiger partial charge is 0.460 e. The van der Waals surface area contributed by atoms with Gasteiger partial charge in [-0.2, -0.15) is 5.09 Å². The molecular weight excluding hydrogens is 593 g/mol. The standard InChI is InChI=1S/C27H29ClN3O10P/c1-18(25(35)38-16-19-8-4-2-5-9-19)30-42(37,41-20-10-6-3-7-11-20)39-17-27(13-14-28)23(34)22(33)24(40-27)31-15-12-21(32)29-26(31)36/h2-15,18,22-24,33-34H,16-17H2,1H3,(H,30,37)(H,29,32,36)/b14-13-/t18?,22-,23+,24-,27-,42?/m1/s1. The summed E-state index contributed by atoms with van der Waals surface area (Å²) in [6.07, 6.45) is -2.73. The van der Waals surface area contributed by atoms with Gasteiger partial charge in [0.15, 0.2) is 6.23 Å². The maximum atomic E-state index is 14.0. The minimum Gasteiger partial charge on any atom is -0.460 e. The molecule has 0 spiro atoms. The molecule has 0 radical (unpaired) electrons. The van der Waals surface area contributed by atoms with Crippen molar-refractivity contribution in [2.24, 2.45) is 0 Å². The minimum absolute atomic E-state index is 0.0244. The molecule has 3 aromatic rings. The summed E-state index contributed by atoms with van der Waals surface area (Å²) in [6, 6.07) is 16.8. The summed E-state index contributed by atoms with van der Waals surface area (Å²) in [5.41, 5.74) is -1.81. The summed E-state index contributed by atoms with van der Waals surface area (Å²) < 4.78 is 37.3. The Bertz CT molecular complexity index is 1550. The smallest absolute Gasteiger partial charge is 0.459 e. The molecule has 42 heavy (non-hydrogen) atoms. The second-order valence-electron chi connectivity index (χ2n) is 9.33. The van der Waals surface area contributed by atoms with Crippen molar-refractivity contribution in [1.82, 2.24) is 14.6 Å². The first-order valence-electron chi connectivity index (χ1n) is 12.7. The molecule has 2 heterocycles. The predicted molar refractivity (Wildman–Crippen MR) is 151 cm³/mol. The van der Waals surface area contributed by atoms with Crippen molar-refractivity contribution < 1.29 is 38.1 Å². The van der Waals surface area contributed by atoms with Gasteiger partial charge in [0.1, 0.15) is 36.2 Å². The van der Waals surface area contributed by atoms with Crippen molar-refractivity contribution in [1.29, 1.82) is 0 Å². The van der Waals surface area contributed by atoms with Crippen molar-refractivity contribution in [3.05, 3.63) is 111 Å². The minimum atomic E-state index is -4.44. The Kier molecular flexibility index (Phi) is 10.2. The Balaban J connectivity index is 1.55. The molecule has 0 saturated carbocycles. The van der Waals surface area contributed by atoms with E-state index in [0.29, 0.717) is 0 Å². The van der Waals surface area contributed by atoms with Crippen LogP contribution in [0.1, 0.15) is 18.7 Å². The number of aromatic amines is 1. The number of carbonyl (C=O) groups is 1. The van der Waals surface area contributed by atoms with Gasteiger partial charge in [-0.1, -0.05) is 60.1 Å². The molecule has 4 rings (SSSR count). The molecule has 2 aromatic carbocycles. The normalized spacial score (nSPS) is 24.2. The molecule has 1 aliphatic heterocycles. The maximum absolute atomic E-state index is 14.0. The van der Waals surface area contributed by atoms with E-state index in [2.05, 4.69) is 5.09 Å². The zero-order valence-electron chi connectivity index (χ0n) is 22.2. The van der Waals surface area contributed by atoms with E-state index >= 15 is 0 Å². The fraction of sp³-hybridized carbons (Fsp3) is 0.296. The zero-order chi connectivity index (χ0) is 30.3. The lowest BCUT2D eigenvalue weighted by molar-refractivity contribution is -0.146. The number of benzene rings is 2. The lowest BCUT2D eigenvalue weighted by Gasteiger charge is -2.31. The molecule has 224 valence electrons. The number of ether oxygens (including phenoxy) is 2. The summed E-state index contributed by atoms with van der Waals surface area (Å²) in [7, 11) is -4.44. The van der Waals surface area contributed by atoms with Crippen LogP contribution in [0.15, 0.2) is 94.1 Å². The number of nitrogens with zero attached hydrogens (tertiary/aromatic N) is 1. The number of halogens is 1. The highest BCUT2D eigenvalue weighted by Crippen LogP contribution is 2.48. The van der Waals surface area contributed by atoms with Crippen molar-refractivity contribution in [2.45, 2.75) is 43.6 Å². The molecular formula is C27H29ClN3O10P. The number of aliphatic hydroxyl groups is 2. The Morgan fingerprint density at radius 3 is 2.48 bits per heavy atom. The molecule has 0 aliphatic carbocycles. The van der Waals surface area contributed by atoms with Crippen LogP contribution in [0.4, 0.5) is 0 Å². The molecule has 6 atom stereocenters. The molecule has 0 bridgehead atoms. The first-order chi connectivity index (χ1) is 20.1. The van der Waals surface area contributed by atoms with Gasteiger partial charge in [-0.25, -0.2) is 9.36 Å². The van der Waals surface area contributed by atoms with E-state index in [9.17, 15) is 29.2 Å². The molecule has 1 aromatic heterocycles. The van der Waals surface area contributed by atoms with Gasteiger partial charge in [-0.3, -0.25) is 23.7 Å². The van der Waals surface area contributed by atoms with E-state index in [-0.39, 0.29) is 12.4 Å². The number of nitrogens with one attached hydrogen (secondary N) is 2. The van der Waals surface area contributed by atoms with E-state index in [1.165, 1.54) is 19.1 Å². The quantitative estimate of drug-likeness (QED) is 0.172. The number of carbonyl (C=O) groups excluding carboxylic acids is 1. The number of hydrogen-bond acceptors (Lipinski definition) is 10. The van der Waals surface area contributed by atoms with Crippen LogP contribution in [0, 0.1) is 0 Å². The number of hydrogen-bond donors (Lipinski definition) is 4. The van der Waals surface area contributed by atoms with Crippen molar-refractivity contribution in [3.63, 3.8) is 0 Å². The number of para-hydroxylation sites is 1. The molecule has 1 aliphatic rings. The van der Waals surface area contributed by atoms with E-state index < -0.39 is 61.7 Å². The Morgan fingerprint density at radius 2 is 1.83 bits per heavy atom. The summed E-state index contributed by atoms with van der Waals surface area (Å²) in [5, 5.41) is 24.3. The molecule has 4 N–H and O–H groups in total. The van der Waals surface area contributed by atoms with Crippen LogP contribution in [0.25, 0.3) is 0 Å². The van der Waals surface area contributed by atoms with Crippen LogP contribution >= 0.6 is 19.3 Å². The second-order valence-corrected chi connectivity index (χ2v) is 11.3. The van der Waals surface area contributed by atoms with Crippen LogP contribution in [0.5, 0.6) is 5.75 Å². The highest BCUT2D eigenvalue weighted by atomic mass is 35.5. The van der Waals surface area contributed by atoms with Gasteiger partial charge in [0.05, 0.1) is 6.61 Å². The van der Waals surface area contributed by atoms with Crippen LogP contribution in [0.3, 0.4) is 0 Å². The third-order valence-corrected chi connectivity index (χ3v) is 8.03. The molecule has 15 heteroatoms. The van der Waals surface area contributed by atoms with Crippen molar-refractivity contribution in [3.8, 4) is 5.75 Å². The maximum Gasteiger partial charge on any atom is 0.459 e.